The molecule has 0 aromatic heterocycles. The van der Waals surface area contributed by atoms with Crippen LogP contribution in [0.4, 0.5) is 10.5 Å². The predicted octanol–water partition coefficient (Wildman–Crippen LogP) is 4.39. The molecule has 0 unspecified atom stereocenters. The maximum atomic E-state index is 12.3. The third-order valence-corrected chi connectivity index (χ3v) is 5.32. The van der Waals surface area contributed by atoms with E-state index in [0.29, 0.717) is 6.42 Å². The van der Waals surface area contributed by atoms with Crippen LogP contribution >= 0.6 is 0 Å². The lowest BCUT2D eigenvalue weighted by Crippen LogP contribution is -2.45. The second-order valence-corrected chi connectivity index (χ2v) is 8.13. The summed E-state index contributed by atoms with van der Waals surface area (Å²) in [5.41, 5.74) is 5.13. The SMILES string of the molecule is CNCc1ccc(-c2ccc3c(c2)[C@H](NC(=O)OC(C)C)C[C@H](C)N3C(C)=O)cc1. The molecular weight excluding hydrogens is 378 g/mol. The molecule has 0 spiro atoms. The van der Waals surface area contributed by atoms with Gasteiger partial charge in [0, 0.05) is 25.2 Å². The summed E-state index contributed by atoms with van der Waals surface area (Å²) in [4.78, 5) is 26.4. The number of carbonyl (C=O) groups is 2. The standard InChI is InChI=1S/C24H31N3O3/c1-15(2)30-24(29)26-22-12-16(3)27(17(4)28)23-11-10-20(13-21(22)23)19-8-6-18(7-9-19)14-25-5/h6-11,13,15-16,22,25H,12,14H2,1-5H3,(H,26,29)/t16-,22+/m0/s1. The first-order chi connectivity index (χ1) is 14.3. The molecule has 6 nitrogen and oxygen atoms in total. The zero-order valence-corrected chi connectivity index (χ0v) is 18.4. The molecule has 30 heavy (non-hydrogen) atoms. The Morgan fingerprint density at radius 3 is 2.40 bits per heavy atom. The normalized spacial score (nSPS) is 18.1. The number of nitrogens with zero attached hydrogens (tertiary/aromatic N) is 1. The minimum Gasteiger partial charge on any atom is -0.447 e. The van der Waals surface area contributed by atoms with Crippen molar-refractivity contribution in [3.05, 3.63) is 53.6 Å². The summed E-state index contributed by atoms with van der Waals surface area (Å²) in [6.07, 6.45) is -0.00226. The molecule has 0 radical (unpaired) electrons. The van der Waals surface area contributed by atoms with Crippen LogP contribution in [0, 0.1) is 0 Å². The first-order valence-electron chi connectivity index (χ1n) is 10.4. The number of ether oxygens (including phenoxy) is 1. The fraction of sp³-hybridized carbons (Fsp3) is 0.417. The third kappa shape index (κ3) is 4.82. The molecule has 1 heterocycles. The average molecular weight is 410 g/mol. The van der Waals surface area contributed by atoms with Gasteiger partial charge in [-0.2, -0.15) is 0 Å². The van der Waals surface area contributed by atoms with E-state index < -0.39 is 6.09 Å². The molecule has 6 heteroatoms. The molecule has 0 fully saturated rings. The summed E-state index contributed by atoms with van der Waals surface area (Å²) in [6.45, 7) is 8.05. The largest absolute Gasteiger partial charge is 0.447 e. The molecule has 0 saturated heterocycles. The molecule has 2 amide bonds. The molecule has 160 valence electrons. The molecule has 2 aromatic rings. The van der Waals surface area contributed by atoms with Gasteiger partial charge in [-0.05, 0) is 68.6 Å². The maximum Gasteiger partial charge on any atom is 0.407 e. The number of fused-ring (bicyclic) bond motifs is 1. The number of benzene rings is 2. The number of alkyl carbamates (subject to hydrolysis) is 1. The fourth-order valence-electron chi connectivity index (χ4n) is 4.07. The summed E-state index contributed by atoms with van der Waals surface area (Å²) in [5.74, 6) is -0.00359. The van der Waals surface area contributed by atoms with Crippen LogP contribution < -0.4 is 15.5 Å². The number of hydrogen-bond donors (Lipinski definition) is 2. The van der Waals surface area contributed by atoms with Crippen LogP contribution in [0.15, 0.2) is 42.5 Å². The van der Waals surface area contributed by atoms with Crippen molar-refractivity contribution >= 4 is 17.7 Å². The predicted molar refractivity (Wildman–Crippen MR) is 119 cm³/mol. The van der Waals surface area contributed by atoms with E-state index in [-0.39, 0.29) is 24.1 Å². The second-order valence-electron chi connectivity index (χ2n) is 8.13. The van der Waals surface area contributed by atoms with Crippen molar-refractivity contribution in [2.75, 3.05) is 11.9 Å². The fourth-order valence-corrected chi connectivity index (χ4v) is 4.07. The summed E-state index contributed by atoms with van der Waals surface area (Å²) >= 11 is 0. The van der Waals surface area contributed by atoms with Gasteiger partial charge in [0.25, 0.3) is 0 Å². The highest BCUT2D eigenvalue weighted by Crippen LogP contribution is 2.39. The first-order valence-corrected chi connectivity index (χ1v) is 10.4. The minimum atomic E-state index is -0.439. The molecule has 3 rings (SSSR count). The number of amides is 2. The van der Waals surface area contributed by atoms with Crippen molar-refractivity contribution in [2.45, 2.75) is 58.8 Å². The van der Waals surface area contributed by atoms with E-state index in [1.807, 2.05) is 40.0 Å². The quantitative estimate of drug-likeness (QED) is 0.768. The van der Waals surface area contributed by atoms with E-state index in [2.05, 4.69) is 41.0 Å². The first kappa shape index (κ1) is 21.8. The molecule has 0 bridgehead atoms. The zero-order chi connectivity index (χ0) is 21.8. The van der Waals surface area contributed by atoms with Gasteiger partial charge in [0.05, 0.1) is 12.1 Å². The van der Waals surface area contributed by atoms with Crippen LogP contribution in [0.2, 0.25) is 0 Å². The monoisotopic (exact) mass is 409 g/mol. The average Bonchev–Trinajstić information content (AvgIpc) is 2.67. The van der Waals surface area contributed by atoms with Crippen LogP contribution in [-0.4, -0.2) is 31.2 Å². The number of nitrogens with one attached hydrogen (secondary N) is 2. The maximum absolute atomic E-state index is 12.3. The van der Waals surface area contributed by atoms with Gasteiger partial charge in [-0.25, -0.2) is 4.79 Å². The Morgan fingerprint density at radius 1 is 1.13 bits per heavy atom. The summed E-state index contributed by atoms with van der Waals surface area (Å²) in [6, 6.07) is 14.2. The Balaban J connectivity index is 1.98. The van der Waals surface area contributed by atoms with Crippen LogP contribution in [0.25, 0.3) is 11.1 Å². The Hall–Kier alpha value is -2.86. The second kappa shape index (κ2) is 9.30. The van der Waals surface area contributed by atoms with Gasteiger partial charge < -0.3 is 20.3 Å². The van der Waals surface area contributed by atoms with E-state index in [0.717, 1.165) is 28.9 Å². The van der Waals surface area contributed by atoms with Gasteiger partial charge in [-0.1, -0.05) is 30.3 Å². The van der Waals surface area contributed by atoms with Crippen molar-refractivity contribution in [3.8, 4) is 11.1 Å². The van der Waals surface area contributed by atoms with Gasteiger partial charge in [0.2, 0.25) is 5.91 Å². The van der Waals surface area contributed by atoms with Crippen molar-refractivity contribution in [2.24, 2.45) is 0 Å². The number of anilines is 1. The van der Waals surface area contributed by atoms with Gasteiger partial charge in [0.15, 0.2) is 0 Å². The number of rotatable bonds is 5. The molecule has 1 aliphatic rings. The smallest absolute Gasteiger partial charge is 0.407 e. The molecule has 0 aliphatic carbocycles. The van der Waals surface area contributed by atoms with Crippen LogP contribution in [0.1, 0.15) is 51.3 Å². The zero-order valence-electron chi connectivity index (χ0n) is 18.4. The lowest BCUT2D eigenvalue weighted by atomic mass is 9.89. The third-order valence-electron chi connectivity index (χ3n) is 5.32. The Bertz CT molecular complexity index is 908. The van der Waals surface area contributed by atoms with E-state index in [9.17, 15) is 9.59 Å². The Kier molecular flexibility index (Phi) is 6.77. The highest BCUT2D eigenvalue weighted by molar-refractivity contribution is 5.94. The van der Waals surface area contributed by atoms with Crippen LogP contribution in [0.5, 0.6) is 0 Å². The molecule has 1 aliphatic heterocycles. The summed E-state index contributed by atoms with van der Waals surface area (Å²) in [7, 11) is 1.93. The van der Waals surface area contributed by atoms with E-state index in [1.54, 1.807) is 11.8 Å². The topological polar surface area (TPSA) is 70.7 Å². The van der Waals surface area contributed by atoms with Crippen LogP contribution in [-0.2, 0) is 16.1 Å². The Labute approximate surface area is 178 Å². The number of carbonyl (C=O) groups excluding carboxylic acids is 2. The number of hydrogen-bond acceptors (Lipinski definition) is 4. The van der Waals surface area contributed by atoms with E-state index in [4.69, 9.17) is 4.74 Å². The molecular formula is C24H31N3O3. The highest BCUT2D eigenvalue weighted by Gasteiger charge is 2.33. The molecule has 0 saturated carbocycles. The van der Waals surface area contributed by atoms with E-state index >= 15 is 0 Å². The Morgan fingerprint density at radius 2 is 1.80 bits per heavy atom. The summed E-state index contributed by atoms with van der Waals surface area (Å²) in [5, 5.41) is 6.14. The van der Waals surface area contributed by atoms with Crippen molar-refractivity contribution in [1.82, 2.24) is 10.6 Å². The lowest BCUT2D eigenvalue weighted by molar-refractivity contribution is -0.117. The van der Waals surface area contributed by atoms with E-state index in [1.165, 1.54) is 5.56 Å². The van der Waals surface area contributed by atoms with Gasteiger partial charge >= 0.3 is 6.09 Å². The van der Waals surface area contributed by atoms with Crippen molar-refractivity contribution < 1.29 is 14.3 Å². The van der Waals surface area contributed by atoms with Crippen molar-refractivity contribution in [1.29, 1.82) is 0 Å². The van der Waals surface area contributed by atoms with Gasteiger partial charge in [-0.3, -0.25) is 4.79 Å². The van der Waals surface area contributed by atoms with Gasteiger partial charge in [0.1, 0.15) is 0 Å². The lowest BCUT2D eigenvalue weighted by Gasteiger charge is -2.39. The molecule has 2 N–H and O–H groups in total. The van der Waals surface area contributed by atoms with Gasteiger partial charge in [-0.15, -0.1) is 0 Å². The summed E-state index contributed by atoms with van der Waals surface area (Å²) < 4.78 is 5.29. The van der Waals surface area contributed by atoms with Crippen LogP contribution in [0.3, 0.4) is 0 Å². The molecule has 2 aromatic carbocycles. The highest BCUT2D eigenvalue weighted by atomic mass is 16.6. The minimum absolute atomic E-state index is 0.00359. The molecule has 2 atom stereocenters. The van der Waals surface area contributed by atoms with Crippen molar-refractivity contribution in [3.63, 3.8) is 0 Å².